The lowest BCUT2D eigenvalue weighted by molar-refractivity contribution is 0.0411. The Bertz CT molecular complexity index is 4790. The number of aliphatic hydroxyl groups is 7. The molecule has 4 bridgehead atoms. The molecule has 9 fully saturated rings. The smallest absolute Gasteiger partial charge is 0.192 e. The van der Waals surface area contributed by atoms with Crippen LogP contribution in [0.2, 0.25) is 18.1 Å². The Hall–Kier alpha value is -6.91. The molecule has 606 valence electrons. The first-order valence-electron chi connectivity index (χ1n) is 43.8. The van der Waals surface area contributed by atoms with Crippen molar-refractivity contribution in [3.05, 3.63) is 192 Å². The molecule has 0 saturated heterocycles. The summed E-state index contributed by atoms with van der Waals surface area (Å²) >= 11 is 0. The lowest BCUT2D eigenvalue weighted by atomic mass is 9.66. The fourth-order valence-corrected chi connectivity index (χ4v) is 22.5. The molecule has 113 heavy (non-hydrogen) atoms. The average molecular weight is 1550 g/mol. The highest BCUT2D eigenvalue weighted by atomic mass is 28.4. The Morgan fingerprint density at radius 2 is 0.752 bits per heavy atom. The number of nitrogens with zero attached hydrogens (tertiary/aromatic N) is 10. The van der Waals surface area contributed by atoms with Crippen LogP contribution in [0.4, 0.5) is 0 Å². The third-order valence-corrected chi connectivity index (χ3v) is 33.7. The molecule has 0 aliphatic heterocycles. The van der Waals surface area contributed by atoms with Crippen LogP contribution in [-0.4, -0.2) is 109 Å². The number of pyridine rings is 5. The third kappa shape index (κ3) is 17.0. The molecular formula is C94H128N10O8Si. The van der Waals surface area contributed by atoms with Crippen molar-refractivity contribution in [2.75, 3.05) is 0 Å². The van der Waals surface area contributed by atoms with Crippen LogP contribution in [0.1, 0.15) is 325 Å². The number of allylic oxidation sites excluding steroid dienone is 2. The maximum absolute atomic E-state index is 11.4. The standard InChI is InChI=1S/C23H38N2O2Si.C19H22N2O.C18H22N2O.C17H22N2O2.C17H24N2O2/c1-16(2)19-12-13-25-15-24-14-20(25)21(19)22(26)17-8-10-18(11-9-17)27-28(6,7)23(3,4)5;22-19(16-9-12-1-3-14(16)4-2-12)18-15(13-5-6-13)7-8-21-11-20-10-17(18)21;21-18(15-8-11-1-2-13(15)7-11)17-14(12-3-4-12)5-6-20-10-19-9-16(17)20;20-13-5-3-12(4-6-13)17(21)16-14(11-1-2-11)7-8-19-10-18-9-15(16)19;1-11(2)14-7-8-19-10-18-9-15(19)16(14)17(21)12-3-5-13(20)6-4-12/h12-18,22,26H,8-11H2,1-7H3;1,3,7-8,10-14,16,19,22H,2,4-6,9H2;5-6,9-13,15,18,21H,1-4,7-8H2;7-13,17,20-21H,1-6H2;7-13,17,20-21H,3-6H2,1-2H3. The van der Waals surface area contributed by atoms with E-state index < -0.39 is 26.6 Å². The van der Waals surface area contributed by atoms with Crippen LogP contribution in [0.25, 0.3) is 27.6 Å². The molecule has 11 aliphatic carbocycles. The number of imidazole rings is 5. The summed E-state index contributed by atoms with van der Waals surface area (Å²) in [4.78, 5) is 21.3. The van der Waals surface area contributed by atoms with Gasteiger partial charge in [-0.2, -0.15) is 0 Å². The maximum Gasteiger partial charge on any atom is 0.192 e. The first-order valence-corrected chi connectivity index (χ1v) is 46.7. The lowest BCUT2D eigenvalue weighted by Gasteiger charge is -2.42. The van der Waals surface area contributed by atoms with Gasteiger partial charge in [0, 0.05) is 64.9 Å². The lowest BCUT2D eigenvalue weighted by Crippen LogP contribution is -2.44. The van der Waals surface area contributed by atoms with E-state index in [1.54, 1.807) is 12.7 Å². The van der Waals surface area contributed by atoms with Crippen molar-refractivity contribution in [2.24, 2.45) is 53.3 Å². The fraction of sp³-hybridized carbons (Fsp3) is 0.606. The summed E-state index contributed by atoms with van der Waals surface area (Å²) < 4.78 is 16.8. The minimum absolute atomic E-state index is 0.179. The van der Waals surface area contributed by atoms with Crippen LogP contribution in [0.3, 0.4) is 0 Å². The third-order valence-electron chi connectivity index (χ3n) is 29.2. The van der Waals surface area contributed by atoms with Gasteiger partial charge in [0.15, 0.2) is 8.32 Å². The highest BCUT2D eigenvalue weighted by molar-refractivity contribution is 6.74. The molecule has 0 spiro atoms. The molecular weight excluding hydrogens is 1430 g/mol. The van der Waals surface area contributed by atoms with Gasteiger partial charge in [0.25, 0.3) is 0 Å². The van der Waals surface area contributed by atoms with Gasteiger partial charge >= 0.3 is 0 Å². The summed E-state index contributed by atoms with van der Waals surface area (Å²) in [5.41, 5.74) is 17.3. The molecule has 18 nitrogen and oxygen atoms in total. The van der Waals surface area contributed by atoms with Gasteiger partial charge in [-0.25, -0.2) is 24.9 Å². The molecule has 0 radical (unpaired) electrons. The molecule has 11 aliphatic rings. The van der Waals surface area contributed by atoms with E-state index in [0.29, 0.717) is 59.4 Å². The SMILES string of the molecule is CC(C)c1ccn2cncc2c1C(O)C1CCC(O)CC1.CC(C)c1ccn2cncc2c1C(O)C1CCC(O[Si](C)(C)C(C)(C)C)CC1.OC(c1c(C2CC2)ccn2cncc12)C1CC2C=CC1CC2.OC(c1c(C2CC2)ccn2cncc12)C1CC2CCC1C2.OC1CCC(C(O)c2c(C3CC3)ccn3cncc23)CC1. The first-order chi connectivity index (χ1) is 54.4. The second kappa shape index (κ2) is 33.6. The zero-order chi connectivity index (χ0) is 78.7. The Morgan fingerprint density at radius 3 is 1.08 bits per heavy atom. The molecule has 9 saturated carbocycles. The summed E-state index contributed by atoms with van der Waals surface area (Å²) in [5, 5.41) is 75.3. The molecule has 0 amide bonds. The number of hydrogen-bond acceptors (Lipinski definition) is 13. The minimum atomic E-state index is -1.73. The van der Waals surface area contributed by atoms with Gasteiger partial charge in [-0.1, -0.05) is 67.0 Å². The average Bonchev–Trinajstić information content (AvgIpc) is 1.55. The molecule has 0 aromatic carbocycles. The highest BCUT2D eigenvalue weighted by Gasteiger charge is 2.47. The van der Waals surface area contributed by atoms with Crippen LogP contribution in [0.5, 0.6) is 0 Å². The van der Waals surface area contributed by atoms with Gasteiger partial charge in [0.1, 0.15) is 0 Å². The molecule has 10 aromatic rings. The van der Waals surface area contributed by atoms with Crippen LogP contribution in [0, 0.1) is 53.3 Å². The molecule has 10 aromatic heterocycles. The van der Waals surface area contributed by atoms with Crippen molar-refractivity contribution < 1.29 is 40.2 Å². The van der Waals surface area contributed by atoms with Gasteiger partial charge in [0.2, 0.25) is 0 Å². The molecule has 11 unspecified atom stereocenters. The number of aliphatic hydroxyl groups excluding tert-OH is 7. The van der Waals surface area contributed by atoms with Crippen molar-refractivity contribution in [2.45, 2.75) is 306 Å². The Kier molecular flexibility index (Phi) is 23.8. The van der Waals surface area contributed by atoms with E-state index in [-0.39, 0.29) is 47.2 Å². The minimum Gasteiger partial charge on any atom is -0.414 e. The largest absolute Gasteiger partial charge is 0.414 e. The van der Waals surface area contributed by atoms with Gasteiger partial charge in [-0.15, -0.1) is 0 Å². The Balaban J connectivity index is 0.000000107. The van der Waals surface area contributed by atoms with Crippen LogP contribution in [0.15, 0.2) is 136 Å². The molecule has 10 heterocycles. The zero-order valence-electron chi connectivity index (χ0n) is 68.6. The van der Waals surface area contributed by atoms with Gasteiger partial charge in [-0.3, -0.25) is 0 Å². The van der Waals surface area contributed by atoms with E-state index in [2.05, 4.69) is 163 Å². The summed E-state index contributed by atoms with van der Waals surface area (Å²) in [6.45, 7) is 20.3. The molecule has 11 atom stereocenters. The predicted molar refractivity (Wildman–Crippen MR) is 447 cm³/mol. The highest BCUT2D eigenvalue weighted by Crippen LogP contribution is 2.56. The first kappa shape index (κ1) is 79.9. The van der Waals surface area contributed by atoms with Gasteiger partial charge in [0.05, 0.1) is 133 Å². The van der Waals surface area contributed by atoms with Crippen LogP contribution in [-0.2, 0) is 4.43 Å². The van der Waals surface area contributed by atoms with E-state index in [4.69, 9.17) is 4.43 Å². The van der Waals surface area contributed by atoms with Crippen LogP contribution < -0.4 is 0 Å². The van der Waals surface area contributed by atoms with Gasteiger partial charge in [-0.05, 0) is 313 Å². The monoisotopic (exact) mass is 1550 g/mol. The van der Waals surface area contributed by atoms with E-state index in [9.17, 15) is 35.7 Å². The fourth-order valence-electron chi connectivity index (χ4n) is 21.1. The molecule has 21 rings (SSSR count). The second-order valence-electron chi connectivity index (χ2n) is 38.4. The van der Waals surface area contributed by atoms with E-state index in [1.165, 1.54) is 110 Å². The Morgan fingerprint density at radius 1 is 0.389 bits per heavy atom. The predicted octanol–water partition coefficient (Wildman–Crippen LogP) is 19.4. The quantitative estimate of drug-likeness (QED) is 0.0332. The summed E-state index contributed by atoms with van der Waals surface area (Å²) in [5.74, 6) is 7.17. The normalized spacial score (nSPS) is 27.7. The summed E-state index contributed by atoms with van der Waals surface area (Å²) in [7, 11) is -1.73. The summed E-state index contributed by atoms with van der Waals surface area (Å²) in [6, 6.07) is 10.8. The molecule has 7 N–H and O–H groups in total. The van der Waals surface area contributed by atoms with Crippen molar-refractivity contribution in [3.63, 3.8) is 0 Å². The van der Waals surface area contributed by atoms with E-state index in [1.807, 2.05) is 69.4 Å². The summed E-state index contributed by atoms with van der Waals surface area (Å²) in [6.07, 6.45) is 59.0. The second-order valence-corrected chi connectivity index (χ2v) is 43.1. The number of hydrogen-bond donors (Lipinski definition) is 7. The molecule has 19 heteroatoms. The number of rotatable bonds is 17. The van der Waals surface area contributed by atoms with Crippen molar-refractivity contribution in [1.82, 2.24) is 46.9 Å². The van der Waals surface area contributed by atoms with E-state index >= 15 is 0 Å². The topological polar surface area (TPSA) is 237 Å². The van der Waals surface area contributed by atoms with Crippen molar-refractivity contribution in [1.29, 1.82) is 0 Å². The Labute approximate surface area is 669 Å². The maximum atomic E-state index is 11.4. The van der Waals surface area contributed by atoms with Crippen molar-refractivity contribution in [3.8, 4) is 0 Å². The van der Waals surface area contributed by atoms with Gasteiger partial charge < -0.3 is 62.2 Å². The number of fused-ring (bicyclic) bond motifs is 9. The zero-order valence-corrected chi connectivity index (χ0v) is 69.6. The van der Waals surface area contributed by atoms with Crippen molar-refractivity contribution >= 4 is 35.9 Å². The van der Waals surface area contributed by atoms with E-state index in [0.717, 1.165) is 145 Å². The van der Waals surface area contributed by atoms with Crippen LogP contribution >= 0.6 is 0 Å². The number of aromatic nitrogens is 10.